The topological polar surface area (TPSA) is 105 Å². The minimum Gasteiger partial charge on any atom is -0.355 e. The molecule has 5 aromatic rings. The summed E-state index contributed by atoms with van der Waals surface area (Å²) in [7, 11) is 0. The zero-order valence-corrected chi connectivity index (χ0v) is 22.3. The van der Waals surface area contributed by atoms with Crippen molar-refractivity contribution >= 4 is 52.4 Å². The van der Waals surface area contributed by atoms with Gasteiger partial charge in [-0.05, 0) is 71.8 Å². The van der Waals surface area contributed by atoms with E-state index >= 15 is 0 Å². The van der Waals surface area contributed by atoms with E-state index < -0.39 is 0 Å². The van der Waals surface area contributed by atoms with Crippen molar-refractivity contribution in [3.63, 3.8) is 0 Å². The van der Waals surface area contributed by atoms with Crippen molar-refractivity contribution in [3.05, 3.63) is 125 Å². The molecule has 3 aromatic heterocycles. The minimum absolute atomic E-state index is 0.00785. The number of nitrogens with one attached hydrogen (secondary N) is 2. The molecule has 5 heterocycles. The molecule has 2 aromatic carbocycles. The molecule has 2 N–H and O–H groups in total. The van der Waals surface area contributed by atoms with Crippen molar-refractivity contribution in [2.75, 3.05) is 0 Å². The Labute approximate surface area is 241 Å². The third-order valence-corrected chi connectivity index (χ3v) is 7.27. The molecular formula is C36H22N6. The number of aromatic amines is 2. The molecule has 6 nitrogen and oxygen atoms in total. The number of fused-ring (bicyclic) bond motifs is 8. The molecule has 2 aliphatic heterocycles. The van der Waals surface area contributed by atoms with Crippen molar-refractivity contribution in [3.8, 4) is 34.4 Å². The fourth-order valence-corrected chi connectivity index (χ4v) is 5.36. The summed E-state index contributed by atoms with van der Waals surface area (Å²) in [6.45, 7) is 0. The summed E-state index contributed by atoms with van der Waals surface area (Å²) in [4.78, 5) is 17.1. The Morgan fingerprint density at radius 1 is 0.595 bits per heavy atom. The fourth-order valence-electron chi connectivity index (χ4n) is 5.36. The van der Waals surface area contributed by atoms with Crippen molar-refractivity contribution in [1.82, 2.24) is 19.9 Å². The van der Waals surface area contributed by atoms with Crippen LogP contribution in [0.15, 0.2) is 96.6 Å². The van der Waals surface area contributed by atoms with Gasteiger partial charge in [-0.15, -0.1) is 0 Å². The van der Waals surface area contributed by atoms with Crippen LogP contribution in [-0.4, -0.2) is 19.9 Å². The van der Waals surface area contributed by atoms with Gasteiger partial charge in [0.2, 0.25) is 0 Å². The first-order valence-corrected chi connectivity index (χ1v) is 13.5. The van der Waals surface area contributed by atoms with E-state index in [9.17, 15) is 10.5 Å². The maximum atomic E-state index is 9.63. The van der Waals surface area contributed by atoms with Crippen LogP contribution in [-0.2, 0) is 0 Å². The van der Waals surface area contributed by atoms with Gasteiger partial charge in [-0.2, -0.15) is 10.5 Å². The Balaban J connectivity index is 1.66. The molecule has 2 aliphatic rings. The quantitative estimate of drug-likeness (QED) is 0.220. The highest BCUT2D eigenvalue weighted by atomic mass is 14.8. The average Bonchev–Trinajstić information content (AvgIpc) is 3.85. The molecule has 0 saturated carbocycles. The van der Waals surface area contributed by atoms with Gasteiger partial charge in [0.15, 0.2) is 0 Å². The van der Waals surface area contributed by atoms with Gasteiger partial charge in [0.1, 0.15) is 17.7 Å². The van der Waals surface area contributed by atoms with Crippen LogP contribution in [0.5, 0.6) is 0 Å². The van der Waals surface area contributed by atoms with E-state index in [2.05, 4.69) is 40.3 Å². The molecule has 0 spiro atoms. The van der Waals surface area contributed by atoms with Gasteiger partial charge >= 0.3 is 0 Å². The molecule has 0 radical (unpaired) electrons. The number of hydrogen-bond donors (Lipinski definition) is 2. The summed E-state index contributed by atoms with van der Waals surface area (Å²) in [5.74, 6) is 0. The lowest BCUT2D eigenvalue weighted by Gasteiger charge is -2.04. The summed E-state index contributed by atoms with van der Waals surface area (Å²) < 4.78 is 0. The number of allylic oxidation sites excluding steroid dienone is 1. The van der Waals surface area contributed by atoms with E-state index in [0.29, 0.717) is 11.3 Å². The summed E-state index contributed by atoms with van der Waals surface area (Å²) in [5, 5.41) is 19.3. The lowest BCUT2D eigenvalue weighted by molar-refractivity contribution is 1.30. The number of benzene rings is 2. The highest BCUT2D eigenvalue weighted by molar-refractivity contribution is 5.95. The number of aromatic nitrogens is 4. The molecule has 0 aliphatic carbocycles. The van der Waals surface area contributed by atoms with E-state index in [-0.39, 0.29) is 5.57 Å². The maximum absolute atomic E-state index is 9.63. The molecule has 42 heavy (non-hydrogen) atoms. The Morgan fingerprint density at radius 2 is 1.17 bits per heavy atom. The normalized spacial score (nSPS) is 11.6. The van der Waals surface area contributed by atoms with E-state index in [0.717, 1.165) is 61.4 Å². The Morgan fingerprint density at radius 3 is 1.86 bits per heavy atom. The molecule has 0 atom stereocenters. The molecule has 0 saturated heterocycles. The fraction of sp³-hybridized carbons (Fsp3) is 0. The van der Waals surface area contributed by atoms with Crippen LogP contribution in [0.25, 0.3) is 74.7 Å². The van der Waals surface area contributed by atoms with Crippen LogP contribution < -0.4 is 0 Å². The van der Waals surface area contributed by atoms with Crippen LogP contribution >= 0.6 is 0 Å². The zero-order valence-electron chi connectivity index (χ0n) is 22.3. The molecule has 196 valence electrons. The number of nitriles is 2. The highest BCUT2D eigenvalue weighted by Gasteiger charge is 2.15. The molecular weight excluding hydrogens is 516 g/mol. The van der Waals surface area contributed by atoms with Gasteiger partial charge in [-0.3, -0.25) is 0 Å². The third kappa shape index (κ3) is 4.50. The standard InChI is InChI=1S/C36H22N6/c37-21-23(22-38)19-28-29-15-17-33(41-29)35(24-7-3-1-4-8-24)31-13-11-26(39-31)20-27-12-14-32(40-27)36(25-9-5-2-6-10-25)34-18-16-30(28)42-34/h1-20,39,42H. The van der Waals surface area contributed by atoms with E-state index in [1.807, 2.05) is 97.1 Å². The van der Waals surface area contributed by atoms with Gasteiger partial charge in [0.25, 0.3) is 0 Å². The van der Waals surface area contributed by atoms with E-state index in [1.54, 1.807) is 6.08 Å². The smallest absolute Gasteiger partial charge is 0.130 e. The summed E-state index contributed by atoms with van der Waals surface area (Å²) in [5.41, 5.74) is 11.1. The summed E-state index contributed by atoms with van der Waals surface area (Å²) in [6, 6.07) is 34.3. The third-order valence-electron chi connectivity index (χ3n) is 7.27. The first-order valence-electron chi connectivity index (χ1n) is 13.5. The van der Waals surface area contributed by atoms with Gasteiger partial charge in [0.05, 0.1) is 22.8 Å². The Hall–Kier alpha value is -6.24. The average molecular weight is 539 g/mol. The number of rotatable bonds is 3. The van der Waals surface area contributed by atoms with Crippen LogP contribution in [0.1, 0.15) is 28.3 Å². The number of hydrogen-bond acceptors (Lipinski definition) is 4. The second-order valence-electron chi connectivity index (χ2n) is 9.91. The highest BCUT2D eigenvalue weighted by Crippen LogP contribution is 2.33. The van der Waals surface area contributed by atoms with Crippen molar-refractivity contribution in [1.29, 1.82) is 10.5 Å². The van der Waals surface area contributed by atoms with E-state index in [1.165, 1.54) is 0 Å². The molecule has 7 rings (SSSR count). The largest absolute Gasteiger partial charge is 0.355 e. The van der Waals surface area contributed by atoms with Gasteiger partial charge in [0, 0.05) is 38.8 Å². The second-order valence-corrected chi connectivity index (χ2v) is 9.91. The van der Waals surface area contributed by atoms with Crippen LogP contribution in [0.2, 0.25) is 0 Å². The van der Waals surface area contributed by atoms with Gasteiger partial charge in [-0.25, -0.2) is 9.97 Å². The summed E-state index contributed by atoms with van der Waals surface area (Å²) in [6.07, 6.45) is 9.53. The van der Waals surface area contributed by atoms with Crippen LogP contribution in [0.4, 0.5) is 0 Å². The molecule has 0 amide bonds. The SMILES string of the molecule is N#CC(C#N)=Cc1c2nc(c(-c3ccccc3)c3ccc(cc4nc(c(-c5ccccc5)c5ccc1[nH]5)C=C4)[nH]3)C=C2. The first kappa shape index (κ1) is 24.8. The van der Waals surface area contributed by atoms with Crippen LogP contribution in [0, 0.1) is 22.7 Å². The monoisotopic (exact) mass is 538 g/mol. The summed E-state index contributed by atoms with van der Waals surface area (Å²) >= 11 is 0. The molecule has 8 bridgehead atoms. The molecule has 0 fully saturated rings. The Kier molecular flexibility index (Phi) is 6.13. The van der Waals surface area contributed by atoms with Crippen molar-refractivity contribution in [2.45, 2.75) is 0 Å². The Bertz CT molecular complexity index is 2150. The minimum atomic E-state index is -0.00785. The number of nitrogens with zero attached hydrogens (tertiary/aromatic N) is 4. The van der Waals surface area contributed by atoms with Gasteiger partial charge < -0.3 is 9.97 Å². The lowest BCUT2D eigenvalue weighted by atomic mass is 10.0. The molecule has 6 heteroatoms. The van der Waals surface area contributed by atoms with Crippen molar-refractivity contribution in [2.24, 2.45) is 0 Å². The first-order chi connectivity index (χ1) is 20.7. The zero-order chi connectivity index (χ0) is 28.5. The van der Waals surface area contributed by atoms with Crippen LogP contribution in [0.3, 0.4) is 0 Å². The second kappa shape index (κ2) is 10.4. The number of H-pyrrole nitrogens is 2. The predicted molar refractivity (Wildman–Crippen MR) is 169 cm³/mol. The van der Waals surface area contributed by atoms with Crippen molar-refractivity contribution < 1.29 is 0 Å². The lowest BCUT2D eigenvalue weighted by Crippen LogP contribution is -1.88. The maximum Gasteiger partial charge on any atom is 0.130 e. The predicted octanol–water partition coefficient (Wildman–Crippen LogP) is 8.42. The van der Waals surface area contributed by atoms with Gasteiger partial charge in [-0.1, -0.05) is 60.7 Å². The van der Waals surface area contributed by atoms with E-state index in [4.69, 9.17) is 9.97 Å². The molecule has 0 unspecified atom stereocenters.